The van der Waals surface area contributed by atoms with E-state index in [9.17, 15) is 0 Å². The number of hydrogen-bond donors (Lipinski definition) is 0. The first-order valence-electron chi connectivity index (χ1n) is 9.27. The summed E-state index contributed by atoms with van der Waals surface area (Å²) >= 11 is 0. The van der Waals surface area contributed by atoms with Crippen LogP contribution in [0.25, 0.3) is 16.7 Å². The zero-order chi connectivity index (χ0) is 17.8. The monoisotopic (exact) mass is 340 g/mol. The second-order valence-corrected chi connectivity index (χ2v) is 6.93. The first-order valence-corrected chi connectivity index (χ1v) is 9.27. The summed E-state index contributed by atoms with van der Waals surface area (Å²) in [6, 6.07) is 23.6. The lowest BCUT2D eigenvalue weighted by Crippen LogP contribution is -2.28. The number of aryl methyl sites for hydroxylation is 1. The fourth-order valence-electron chi connectivity index (χ4n) is 3.63. The Morgan fingerprint density at radius 3 is 2.50 bits per heavy atom. The number of benzene rings is 2. The zero-order valence-corrected chi connectivity index (χ0v) is 15.2. The number of aromatic nitrogens is 1. The molecule has 130 valence electrons. The van der Waals surface area contributed by atoms with Crippen molar-refractivity contribution in [2.45, 2.75) is 19.9 Å². The molecule has 0 saturated carbocycles. The van der Waals surface area contributed by atoms with E-state index >= 15 is 0 Å². The second kappa shape index (κ2) is 7.67. The topological polar surface area (TPSA) is 16.1 Å². The molecule has 0 radical (unpaired) electrons. The van der Waals surface area contributed by atoms with Crippen LogP contribution in [0.2, 0.25) is 0 Å². The van der Waals surface area contributed by atoms with Crippen LogP contribution in [-0.4, -0.2) is 23.0 Å². The first-order chi connectivity index (χ1) is 12.8. The first kappa shape index (κ1) is 16.7. The van der Waals surface area contributed by atoms with Crippen molar-refractivity contribution in [2.24, 2.45) is 0 Å². The molecule has 3 aromatic rings. The fraction of sp³-hybridized carbons (Fsp3) is 0.208. The van der Waals surface area contributed by atoms with Gasteiger partial charge in [-0.3, -0.25) is 9.88 Å². The van der Waals surface area contributed by atoms with E-state index in [-0.39, 0.29) is 0 Å². The van der Waals surface area contributed by atoms with Crippen LogP contribution in [0.1, 0.15) is 23.2 Å². The number of hydrogen-bond acceptors (Lipinski definition) is 2. The summed E-state index contributed by atoms with van der Waals surface area (Å²) < 4.78 is 0. The Hall–Kier alpha value is -2.71. The normalized spacial score (nSPS) is 14.9. The third-order valence-electron chi connectivity index (χ3n) is 5.10. The van der Waals surface area contributed by atoms with Crippen LogP contribution in [0, 0.1) is 6.92 Å². The maximum Gasteiger partial charge on any atom is 0.0550 e. The van der Waals surface area contributed by atoms with Crippen LogP contribution in [0.15, 0.2) is 79.0 Å². The quantitative estimate of drug-likeness (QED) is 0.637. The molecule has 0 atom stereocenters. The zero-order valence-electron chi connectivity index (χ0n) is 15.2. The molecule has 0 bridgehead atoms. The standard InChI is InChI=1S/C24H24N2/c1-19-7-5-6-10-24(19)22-11-14-25-23(17-22)18-26-15-12-21(13-16-26)20-8-3-2-4-9-20/h2-12,14,17H,13,15-16,18H2,1H3. The van der Waals surface area contributed by atoms with Gasteiger partial charge in [0, 0.05) is 25.8 Å². The summed E-state index contributed by atoms with van der Waals surface area (Å²) in [5.74, 6) is 0. The van der Waals surface area contributed by atoms with Crippen molar-refractivity contribution in [3.63, 3.8) is 0 Å². The van der Waals surface area contributed by atoms with Gasteiger partial charge in [0.1, 0.15) is 0 Å². The van der Waals surface area contributed by atoms with E-state index in [2.05, 4.69) is 89.6 Å². The Kier molecular flexibility index (Phi) is 4.94. The summed E-state index contributed by atoms with van der Waals surface area (Å²) in [6.07, 6.45) is 5.40. The van der Waals surface area contributed by atoms with Crippen LogP contribution in [0.5, 0.6) is 0 Å². The molecule has 2 heterocycles. The smallest absolute Gasteiger partial charge is 0.0550 e. The third-order valence-corrected chi connectivity index (χ3v) is 5.10. The fourth-order valence-corrected chi connectivity index (χ4v) is 3.63. The number of nitrogens with zero attached hydrogens (tertiary/aromatic N) is 2. The van der Waals surface area contributed by atoms with E-state index in [4.69, 9.17) is 0 Å². The highest BCUT2D eigenvalue weighted by Crippen LogP contribution is 2.25. The van der Waals surface area contributed by atoms with Crippen molar-refractivity contribution in [1.29, 1.82) is 0 Å². The van der Waals surface area contributed by atoms with Crippen molar-refractivity contribution in [1.82, 2.24) is 9.88 Å². The molecule has 2 nitrogen and oxygen atoms in total. The summed E-state index contributed by atoms with van der Waals surface area (Å²) in [6.45, 7) is 5.13. The van der Waals surface area contributed by atoms with Crippen molar-refractivity contribution < 1.29 is 0 Å². The van der Waals surface area contributed by atoms with Crippen molar-refractivity contribution in [3.05, 3.63) is 95.8 Å². The summed E-state index contributed by atoms with van der Waals surface area (Å²) in [5.41, 5.74) is 7.81. The lowest BCUT2D eigenvalue weighted by Gasteiger charge is -2.26. The summed E-state index contributed by atoms with van der Waals surface area (Å²) in [4.78, 5) is 7.07. The van der Waals surface area contributed by atoms with Gasteiger partial charge >= 0.3 is 0 Å². The van der Waals surface area contributed by atoms with Gasteiger partial charge in [0.2, 0.25) is 0 Å². The molecule has 0 fully saturated rings. The van der Waals surface area contributed by atoms with Gasteiger partial charge in [-0.2, -0.15) is 0 Å². The van der Waals surface area contributed by atoms with Gasteiger partial charge in [-0.1, -0.05) is 60.7 Å². The number of pyridine rings is 1. The van der Waals surface area contributed by atoms with E-state index in [1.165, 1.54) is 27.8 Å². The predicted molar refractivity (Wildman–Crippen MR) is 109 cm³/mol. The predicted octanol–water partition coefficient (Wildman–Crippen LogP) is 5.35. The highest BCUT2D eigenvalue weighted by molar-refractivity contribution is 5.67. The molecule has 26 heavy (non-hydrogen) atoms. The maximum absolute atomic E-state index is 4.60. The van der Waals surface area contributed by atoms with Gasteiger partial charge in [-0.05, 0) is 53.3 Å². The van der Waals surface area contributed by atoms with E-state index in [0.29, 0.717) is 0 Å². The molecule has 1 aromatic heterocycles. The Morgan fingerprint density at radius 1 is 0.923 bits per heavy atom. The average Bonchev–Trinajstić information content (AvgIpc) is 2.70. The highest BCUT2D eigenvalue weighted by Gasteiger charge is 2.14. The average molecular weight is 340 g/mol. The third kappa shape index (κ3) is 3.76. The molecule has 1 aliphatic heterocycles. The summed E-state index contributed by atoms with van der Waals surface area (Å²) in [5, 5.41) is 0. The van der Waals surface area contributed by atoms with Gasteiger partial charge in [-0.25, -0.2) is 0 Å². The number of rotatable bonds is 4. The SMILES string of the molecule is Cc1ccccc1-c1ccnc(CN2CC=C(c3ccccc3)CC2)c1. The largest absolute Gasteiger partial charge is 0.294 e. The Morgan fingerprint density at radius 2 is 1.73 bits per heavy atom. The Labute approximate surface area is 155 Å². The highest BCUT2D eigenvalue weighted by atomic mass is 15.1. The van der Waals surface area contributed by atoms with Crippen molar-refractivity contribution in [2.75, 3.05) is 13.1 Å². The molecule has 2 aromatic carbocycles. The van der Waals surface area contributed by atoms with Crippen LogP contribution in [0.4, 0.5) is 0 Å². The van der Waals surface area contributed by atoms with Gasteiger partial charge in [0.05, 0.1) is 5.69 Å². The van der Waals surface area contributed by atoms with E-state index in [0.717, 1.165) is 31.7 Å². The van der Waals surface area contributed by atoms with E-state index in [1.54, 1.807) is 0 Å². The molecule has 0 saturated heterocycles. The van der Waals surface area contributed by atoms with Gasteiger partial charge in [0.15, 0.2) is 0 Å². The Balaban J connectivity index is 1.47. The minimum absolute atomic E-state index is 0.901. The molecular formula is C24H24N2. The van der Waals surface area contributed by atoms with Crippen LogP contribution in [-0.2, 0) is 6.54 Å². The Bertz CT molecular complexity index is 912. The minimum atomic E-state index is 0.901. The molecule has 1 aliphatic rings. The van der Waals surface area contributed by atoms with E-state index in [1.807, 2.05) is 6.20 Å². The maximum atomic E-state index is 4.60. The minimum Gasteiger partial charge on any atom is -0.294 e. The van der Waals surface area contributed by atoms with Gasteiger partial charge in [-0.15, -0.1) is 0 Å². The summed E-state index contributed by atoms with van der Waals surface area (Å²) in [7, 11) is 0. The molecule has 0 aliphatic carbocycles. The van der Waals surface area contributed by atoms with Crippen molar-refractivity contribution >= 4 is 5.57 Å². The molecule has 0 N–H and O–H groups in total. The molecule has 0 unspecified atom stereocenters. The van der Waals surface area contributed by atoms with Crippen molar-refractivity contribution in [3.8, 4) is 11.1 Å². The molecule has 4 rings (SSSR count). The lowest BCUT2D eigenvalue weighted by molar-refractivity contribution is 0.290. The van der Waals surface area contributed by atoms with Crippen LogP contribution < -0.4 is 0 Å². The van der Waals surface area contributed by atoms with Crippen LogP contribution >= 0.6 is 0 Å². The molecular weight excluding hydrogens is 316 g/mol. The molecule has 0 spiro atoms. The van der Waals surface area contributed by atoms with Crippen LogP contribution in [0.3, 0.4) is 0 Å². The van der Waals surface area contributed by atoms with Gasteiger partial charge < -0.3 is 0 Å². The lowest BCUT2D eigenvalue weighted by atomic mass is 9.99. The second-order valence-electron chi connectivity index (χ2n) is 6.93. The molecule has 2 heteroatoms. The van der Waals surface area contributed by atoms with E-state index < -0.39 is 0 Å². The molecule has 0 amide bonds. The van der Waals surface area contributed by atoms with Gasteiger partial charge in [0.25, 0.3) is 0 Å².